The van der Waals surface area contributed by atoms with Crippen LogP contribution in [0.15, 0.2) is 61.1 Å². The SMILES string of the molecule is Nc1cccc(-c2cnn(CCc3ccccn3)c2)c1. The minimum Gasteiger partial charge on any atom is -0.399 e. The third-order valence-corrected chi connectivity index (χ3v) is 3.18. The summed E-state index contributed by atoms with van der Waals surface area (Å²) in [5.74, 6) is 0. The van der Waals surface area contributed by atoms with Gasteiger partial charge in [0, 0.05) is 42.3 Å². The van der Waals surface area contributed by atoms with Crippen LogP contribution in [-0.4, -0.2) is 14.8 Å². The average Bonchev–Trinajstić information content (AvgIpc) is 2.95. The molecular formula is C16H16N4. The topological polar surface area (TPSA) is 56.7 Å². The normalized spacial score (nSPS) is 10.6. The minimum absolute atomic E-state index is 0.767. The molecule has 100 valence electrons. The molecule has 2 heterocycles. The fraction of sp³-hybridized carbons (Fsp3) is 0.125. The van der Waals surface area contributed by atoms with Crippen LogP contribution in [0.2, 0.25) is 0 Å². The Kier molecular flexibility index (Phi) is 3.46. The molecule has 4 nitrogen and oxygen atoms in total. The predicted molar refractivity (Wildman–Crippen MR) is 80.0 cm³/mol. The highest BCUT2D eigenvalue weighted by Gasteiger charge is 2.02. The second-order valence-electron chi connectivity index (χ2n) is 4.69. The second-order valence-corrected chi connectivity index (χ2v) is 4.69. The summed E-state index contributed by atoms with van der Waals surface area (Å²) in [6.45, 7) is 0.819. The number of nitrogen functional groups attached to an aromatic ring is 1. The van der Waals surface area contributed by atoms with E-state index in [1.54, 1.807) is 0 Å². The van der Waals surface area contributed by atoms with E-state index in [1.165, 1.54) is 0 Å². The number of anilines is 1. The first-order valence-electron chi connectivity index (χ1n) is 6.59. The van der Waals surface area contributed by atoms with Gasteiger partial charge < -0.3 is 5.73 Å². The van der Waals surface area contributed by atoms with Gasteiger partial charge in [0.1, 0.15) is 0 Å². The number of aryl methyl sites for hydroxylation is 2. The third-order valence-electron chi connectivity index (χ3n) is 3.18. The maximum absolute atomic E-state index is 5.80. The lowest BCUT2D eigenvalue weighted by Gasteiger charge is -2.01. The molecule has 0 aliphatic carbocycles. The van der Waals surface area contributed by atoms with E-state index in [4.69, 9.17) is 5.73 Å². The van der Waals surface area contributed by atoms with E-state index in [0.29, 0.717) is 0 Å². The van der Waals surface area contributed by atoms with Gasteiger partial charge in [-0.25, -0.2) is 0 Å². The van der Waals surface area contributed by atoms with Crippen LogP contribution in [0.5, 0.6) is 0 Å². The number of aromatic nitrogens is 3. The van der Waals surface area contributed by atoms with Crippen molar-refractivity contribution in [2.75, 3.05) is 5.73 Å². The number of pyridine rings is 1. The minimum atomic E-state index is 0.767. The fourth-order valence-corrected chi connectivity index (χ4v) is 2.13. The number of hydrogen-bond donors (Lipinski definition) is 1. The van der Waals surface area contributed by atoms with Crippen molar-refractivity contribution >= 4 is 5.69 Å². The van der Waals surface area contributed by atoms with Crippen molar-refractivity contribution in [3.8, 4) is 11.1 Å². The standard InChI is InChI=1S/C16H16N4/c17-15-5-3-4-13(10-15)14-11-19-20(12-14)9-7-16-6-1-2-8-18-16/h1-6,8,10-12H,7,9,17H2. The van der Waals surface area contributed by atoms with Gasteiger partial charge in [-0.2, -0.15) is 5.10 Å². The molecular weight excluding hydrogens is 248 g/mol. The predicted octanol–water partition coefficient (Wildman–Crippen LogP) is 2.77. The maximum atomic E-state index is 5.80. The summed E-state index contributed by atoms with van der Waals surface area (Å²) in [4.78, 5) is 4.31. The second kappa shape index (κ2) is 5.57. The Morgan fingerprint density at radius 3 is 2.80 bits per heavy atom. The molecule has 0 amide bonds. The van der Waals surface area contributed by atoms with Crippen LogP contribution in [0.25, 0.3) is 11.1 Å². The highest BCUT2D eigenvalue weighted by molar-refractivity contribution is 5.65. The van der Waals surface area contributed by atoms with E-state index >= 15 is 0 Å². The molecule has 0 aliphatic rings. The van der Waals surface area contributed by atoms with Gasteiger partial charge >= 0.3 is 0 Å². The molecule has 0 aliphatic heterocycles. The Balaban J connectivity index is 1.71. The molecule has 0 atom stereocenters. The summed E-state index contributed by atoms with van der Waals surface area (Å²) in [6, 6.07) is 13.8. The van der Waals surface area contributed by atoms with E-state index < -0.39 is 0 Å². The molecule has 2 aromatic heterocycles. The van der Waals surface area contributed by atoms with Crippen LogP contribution < -0.4 is 5.73 Å². The van der Waals surface area contributed by atoms with Gasteiger partial charge in [0.2, 0.25) is 0 Å². The van der Waals surface area contributed by atoms with Gasteiger partial charge in [-0.1, -0.05) is 18.2 Å². The van der Waals surface area contributed by atoms with Crippen LogP contribution in [0.1, 0.15) is 5.69 Å². The van der Waals surface area contributed by atoms with Crippen molar-refractivity contribution in [3.05, 3.63) is 66.7 Å². The van der Waals surface area contributed by atoms with E-state index in [1.807, 2.05) is 65.7 Å². The molecule has 0 unspecified atom stereocenters. The molecule has 2 N–H and O–H groups in total. The molecule has 4 heteroatoms. The van der Waals surface area contributed by atoms with Gasteiger partial charge in [-0.05, 0) is 29.8 Å². The smallest absolute Gasteiger partial charge is 0.0568 e. The summed E-state index contributed by atoms with van der Waals surface area (Å²) in [5.41, 5.74) is 9.82. The van der Waals surface area contributed by atoms with Crippen LogP contribution >= 0.6 is 0 Å². The van der Waals surface area contributed by atoms with Crippen molar-refractivity contribution in [3.63, 3.8) is 0 Å². The van der Waals surface area contributed by atoms with Crippen molar-refractivity contribution in [1.82, 2.24) is 14.8 Å². The lowest BCUT2D eigenvalue weighted by Crippen LogP contribution is -2.02. The van der Waals surface area contributed by atoms with Crippen molar-refractivity contribution in [2.24, 2.45) is 0 Å². The molecule has 0 radical (unpaired) electrons. The average molecular weight is 264 g/mol. The molecule has 1 aromatic carbocycles. The zero-order valence-corrected chi connectivity index (χ0v) is 11.1. The van der Waals surface area contributed by atoms with Crippen molar-refractivity contribution < 1.29 is 0 Å². The monoisotopic (exact) mass is 264 g/mol. The Labute approximate surface area is 117 Å². The quantitative estimate of drug-likeness (QED) is 0.737. The molecule has 0 saturated heterocycles. The van der Waals surface area contributed by atoms with Crippen LogP contribution in [0, 0.1) is 0 Å². The van der Waals surface area contributed by atoms with Crippen LogP contribution in [0.4, 0.5) is 5.69 Å². The number of benzene rings is 1. The Hall–Kier alpha value is -2.62. The van der Waals surface area contributed by atoms with Crippen molar-refractivity contribution in [2.45, 2.75) is 13.0 Å². The first kappa shape index (κ1) is 12.4. The molecule has 0 fully saturated rings. The van der Waals surface area contributed by atoms with Gasteiger partial charge in [-0.15, -0.1) is 0 Å². The van der Waals surface area contributed by atoms with E-state index in [2.05, 4.69) is 10.1 Å². The highest BCUT2D eigenvalue weighted by atomic mass is 15.3. The molecule has 0 saturated carbocycles. The van der Waals surface area contributed by atoms with E-state index in [0.717, 1.165) is 35.5 Å². The van der Waals surface area contributed by atoms with E-state index in [9.17, 15) is 0 Å². The first-order chi connectivity index (χ1) is 9.81. The summed E-state index contributed by atoms with van der Waals surface area (Å²) in [6.07, 6.45) is 6.60. The number of rotatable bonds is 4. The highest BCUT2D eigenvalue weighted by Crippen LogP contribution is 2.20. The summed E-state index contributed by atoms with van der Waals surface area (Å²) in [7, 11) is 0. The molecule has 3 aromatic rings. The Bertz CT molecular complexity index is 688. The molecule has 3 rings (SSSR count). The largest absolute Gasteiger partial charge is 0.399 e. The summed E-state index contributed by atoms with van der Waals surface area (Å²) >= 11 is 0. The first-order valence-corrected chi connectivity index (χ1v) is 6.59. The lowest BCUT2D eigenvalue weighted by molar-refractivity contribution is 0.608. The maximum Gasteiger partial charge on any atom is 0.0568 e. The lowest BCUT2D eigenvalue weighted by atomic mass is 10.1. The number of nitrogens with zero attached hydrogens (tertiary/aromatic N) is 3. The summed E-state index contributed by atoms with van der Waals surface area (Å²) < 4.78 is 1.94. The molecule has 0 spiro atoms. The van der Waals surface area contributed by atoms with Crippen molar-refractivity contribution in [1.29, 1.82) is 0 Å². The zero-order valence-electron chi connectivity index (χ0n) is 11.1. The number of nitrogens with two attached hydrogens (primary N) is 1. The Morgan fingerprint density at radius 1 is 1.05 bits per heavy atom. The van der Waals surface area contributed by atoms with E-state index in [-0.39, 0.29) is 0 Å². The zero-order chi connectivity index (χ0) is 13.8. The molecule has 0 bridgehead atoms. The van der Waals surface area contributed by atoms with Gasteiger partial charge in [-0.3, -0.25) is 9.67 Å². The van der Waals surface area contributed by atoms with Gasteiger partial charge in [0.25, 0.3) is 0 Å². The fourth-order valence-electron chi connectivity index (χ4n) is 2.13. The van der Waals surface area contributed by atoms with Gasteiger partial charge in [0.15, 0.2) is 0 Å². The summed E-state index contributed by atoms with van der Waals surface area (Å²) in [5, 5.41) is 4.39. The van der Waals surface area contributed by atoms with Crippen LogP contribution in [-0.2, 0) is 13.0 Å². The van der Waals surface area contributed by atoms with Gasteiger partial charge in [0.05, 0.1) is 6.20 Å². The molecule has 20 heavy (non-hydrogen) atoms. The number of hydrogen-bond acceptors (Lipinski definition) is 3. The third kappa shape index (κ3) is 2.85. The van der Waals surface area contributed by atoms with Crippen LogP contribution in [0.3, 0.4) is 0 Å². The Morgan fingerprint density at radius 2 is 2.00 bits per heavy atom.